The van der Waals surface area contributed by atoms with Crippen LogP contribution in [0.4, 0.5) is 31.0 Å². The van der Waals surface area contributed by atoms with Gasteiger partial charge in [-0.1, -0.05) is 43.3 Å². The molecule has 1 aliphatic rings. The SMILES string of the molecule is C[C@@H]1CCCCO[C@@H](CN(C)C(=O)Nc2ccc(F)cc2)[C@@H](C)CN([C@H](C)CO)C(=O)c2cc(NC(=O)Nc3cccc4ccccc34)ccc2O1. The molecule has 1 aliphatic heterocycles. The zero-order valence-electron chi connectivity index (χ0n) is 30.1. The highest BCUT2D eigenvalue weighted by molar-refractivity contribution is 6.07. The van der Waals surface area contributed by atoms with Crippen molar-refractivity contribution in [2.45, 2.75) is 58.3 Å². The summed E-state index contributed by atoms with van der Waals surface area (Å²) in [5.41, 5.74) is 1.74. The van der Waals surface area contributed by atoms with Crippen LogP contribution in [0, 0.1) is 11.7 Å². The van der Waals surface area contributed by atoms with E-state index in [1.807, 2.05) is 56.3 Å². The highest BCUT2D eigenvalue weighted by atomic mass is 19.1. The Morgan fingerprint density at radius 2 is 1.69 bits per heavy atom. The molecule has 0 aromatic heterocycles. The first-order valence-corrected chi connectivity index (χ1v) is 17.7. The van der Waals surface area contributed by atoms with E-state index >= 15 is 0 Å². The van der Waals surface area contributed by atoms with Gasteiger partial charge in [0, 0.05) is 49.4 Å². The Labute approximate surface area is 304 Å². The van der Waals surface area contributed by atoms with Crippen LogP contribution in [0.25, 0.3) is 10.8 Å². The van der Waals surface area contributed by atoms with Crippen molar-refractivity contribution in [3.05, 3.63) is 96.3 Å². The summed E-state index contributed by atoms with van der Waals surface area (Å²) in [5, 5.41) is 20.7. The third-order valence-electron chi connectivity index (χ3n) is 9.24. The molecule has 4 N–H and O–H groups in total. The van der Waals surface area contributed by atoms with E-state index in [1.54, 1.807) is 37.1 Å². The number of fused-ring (bicyclic) bond motifs is 2. The lowest BCUT2D eigenvalue weighted by Crippen LogP contribution is -2.48. The Morgan fingerprint density at radius 3 is 2.46 bits per heavy atom. The van der Waals surface area contributed by atoms with Crippen LogP contribution >= 0.6 is 0 Å². The second-order valence-corrected chi connectivity index (χ2v) is 13.4. The maximum Gasteiger partial charge on any atom is 0.323 e. The number of benzene rings is 4. The van der Waals surface area contributed by atoms with Gasteiger partial charge in [0.2, 0.25) is 0 Å². The van der Waals surface area contributed by atoms with Crippen molar-refractivity contribution >= 4 is 45.8 Å². The van der Waals surface area contributed by atoms with Gasteiger partial charge in [-0.05, 0) is 87.0 Å². The number of hydrogen-bond acceptors (Lipinski definition) is 6. The van der Waals surface area contributed by atoms with Gasteiger partial charge in [-0.2, -0.15) is 0 Å². The summed E-state index contributed by atoms with van der Waals surface area (Å²) in [6.45, 7) is 6.23. The van der Waals surface area contributed by atoms with Crippen LogP contribution in [0.3, 0.4) is 0 Å². The Balaban J connectivity index is 1.37. The molecular formula is C40H48FN5O6. The molecule has 11 nitrogen and oxygen atoms in total. The van der Waals surface area contributed by atoms with Gasteiger partial charge in [0.25, 0.3) is 5.91 Å². The molecular weight excluding hydrogens is 665 g/mol. The molecule has 4 atom stereocenters. The number of nitrogens with zero attached hydrogens (tertiary/aromatic N) is 2. The summed E-state index contributed by atoms with van der Waals surface area (Å²) in [6, 6.07) is 22.5. The van der Waals surface area contributed by atoms with Crippen LogP contribution in [0.1, 0.15) is 50.4 Å². The largest absolute Gasteiger partial charge is 0.490 e. The van der Waals surface area contributed by atoms with Gasteiger partial charge < -0.3 is 40.3 Å². The Hall–Kier alpha value is -5.20. The lowest BCUT2D eigenvalue weighted by Gasteiger charge is -2.35. The lowest BCUT2D eigenvalue weighted by atomic mass is 10.0. The topological polar surface area (TPSA) is 132 Å². The van der Waals surface area contributed by atoms with Crippen molar-refractivity contribution in [3.8, 4) is 5.75 Å². The second kappa shape index (κ2) is 17.8. The average Bonchev–Trinajstić information content (AvgIpc) is 3.13. The van der Waals surface area contributed by atoms with Crippen molar-refractivity contribution in [1.82, 2.24) is 9.80 Å². The van der Waals surface area contributed by atoms with Crippen molar-refractivity contribution in [3.63, 3.8) is 0 Å². The van der Waals surface area contributed by atoms with Gasteiger partial charge in [0.05, 0.1) is 36.1 Å². The molecule has 0 bridgehead atoms. The molecule has 276 valence electrons. The third kappa shape index (κ3) is 9.98. The summed E-state index contributed by atoms with van der Waals surface area (Å²) >= 11 is 0. The van der Waals surface area contributed by atoms with Gasteiger partial charge in [0.15, 0.2) is 0 Å². The number of aliphatic hydroxyl groups is 1. The van der Waals surface area contributed by atoms with Crippen molar-refractivity contribution in [2.24, 2.45) is 5.92 Å². The molecule has 5 amide bonds. The monoisotopic (exact) mass is 713 g/mol. The number of hydrogen-bond donors (Lipinski definition) is 4. The van der Waals surface area contributed by atoms with Gasteiger partial charge >= 0.3 is 12.1 Å². The molecule has 0 radical (unpaired) electrons. The number of ether oxygens (including phenoxy) is 2. The minimum Gasteiger partial charge on any atom is -0.490 e. The summed E-state index contributed by atoms with van der Waals surface area (Å²) in [6.07, 6.45) is 1.62. The number of rotatable bonds is 7. The zero-order chi connectivity index (χ0) is 37.2. The van der Waals surface area contributed by atoms with Gasteiger partial charge in [-0.25, -0.2) is 14.0 Å². The van der Waals surface area contributed by atoms with Crippen LogP contribution < -0.4 is 20.7 Å². The number of anilines is 3. The Bertz CT molecular complexity index is 1830. The lowest BCUT2D eigenvalue weighted by molar-refractivity contribution is -0.0115. The van der Waals surface area contributed by atoms with Crippen LogP contribution in [-0.4, -0.2) is 84.5 Å². The first-order chi connectivity index (χ1) is 25.0. The molecule has 0 saturated heterocycles. The number of nitrogens with one attached hydrogen (secondary N) is 3. The Kier molecular flexibility index (Phi) is 13.0. The molecule has 0 saturated carbocycles. The van der Waals surface area contributed by atoms with E-state index in [2.05, 4.69) is 16.0 Å². The fraction of sp³-hybridized carbons (Fsp3) is 0.375. The van der Waals surface area contributed by atoms with Crippen molar-refractivity contribution in [1.29, 1.82) is 0 Å². The van der Waals surface area contributed by atoms with Gasteiger partial charge in [0.1, 0.15) is 11.6 Å². The standard InChI is InChI=1S/C40H48FN5O6/c1-26-23-46(27(2)25-47)38(48)34-22-32(42-39(49)44-35-14-9-12-29-11-5-6-13-33(29)35)19-20-36(34)52-28(3)10-7-8-21-51-37(26)24-45(4)40(50)43-31-17-15-30(41)16-18-31/h5-6,9,11-20,22,26-28,37,47H,7-8,10,21,23-25H2,1-4H3,(H,43,50)(H2,42,44,49)/t26-,27+,28+,37-/m0/s1. The highest BCUT2D eigenvalue weighted by Gasteiger charge is 2.31. The average molecular weight is 714 g/mol. The molecule has 5 rings (SSSR count). The van der Waals surface area contributed by atoms with Crippen LogP contribution in [-0.2, 0) is 4.74 Å². The normalized spacial score (nSPS) is 19.1. The van der Waals surface area contributed by atoms with E-state index in [0.717, 1.165) is 23.6 Å². The predicted molar refractivity (Wildman–Crippen MR) is 202 cm³/mol. The van der Waals surface area contributed by atoms with E-state index in [0.29, 0.717) is 35.8 Å². The highest BCUT2D eigenvalue weighted by Crippen LogP contribution is 2.29. The number of amides is 5. The second-order valence-electron chi connectivity index (χ2n) is 13.4. The van der Waals surface area contributed by atoms with E-state index in [4.69, 9.17) is 9.47 Å². The minimum atomic E-state index is -0.570. The van der Waals surface area contributed by atoms with Crippen LogP contribution in [0.15, 0.2) is 84.9 Å². The van der Waals surface area contributed by atoms with Gasteiger partial charge in [-0.3, -0.25) is 4.79 Å². The molecule has 0 spiro atoms. The fourth-order valence-corrected chi connectivity index (χ4v) is 6.19. The quantitative estimate of drug-likeness (QED) is 0.156. The third-order valence-corrected chi connectivity index (χ3v) is 9.24. The van der Waals surface area contributed by atoms with E-state index in [9.17, 15) is 23.9 Å². The van der Waals surface area contributed by atoms with Crippen molar-refractivity contribution < 1.29 is 33.4 Å². The predicted octanol–water partition coefficient (Wildman–Crippen LogP) is 7.58. The molecule has 4 aromatic carbocycles. The molecule has 1 heterocycles. The number of halogens is 1. The van der Waals surface area contributed by atoms with Crippen molar-refractivity contribution in [2.75, 3.05) is 49.3 Å². The molecule has 0 fully saturated rings. The summed E-state index contributed by atoms with van der Waals surface area (Å²) in [7, 11) is 1.65. The summed E-state index contributed by atoms with van der Waals surface area (Å²) in [4.78, 5) is 43.8. The molecule has 4 aromatic rings. The molecule has 0 aliphatic carbocycles. The number of carbonyl (C=O) groups is 3. The minimum absolute atomic E-state index is 0.201. The van der Waals surface area contributed by atoms with E-state index < -0.39 is 24.0 Å². The smallest absolute Gasteiger partial charge is 0.323 e. The number of urea groups is 2. The number of aliphatic hydroxyl groups excluding tert-OH is 1. The van der Waals surface area contributed by atoms with Crippen LogP contribution in [0.2, 0.25) is 0 Å². The number of carbonyl (C=O) groups excluding carboxylic acids is 3. The molecule has 52 heavy (non-hydrogen) atoms. The fourth-order valence-electron chi connectivity index (χ4n) is 6.19. The molecule has 12 heteroatoms. The van der Waals surface area contributed by atoms with E-state index in [-0.39, 0.29) is 49.2 Å². The van der Waals surface area contributed by atoms with Gasteiger partial charge in [-0.15, -0.1) is 0 Å². The number of likely N-dealkylation sites (N-methyl/N-ethyl adjacent to an activating group) is 1. The maximum absolute atomic E-state index is 14.5. The zero-order valence-corrected chi connectivity index (χ0v) is 30.1. The molecule has 0 unspecified atom stereocenters. The summed E-state index contributed by atoms with van der Waals surface area (Å²) < 4.78 is 26.1. The summed E-state index contributed by atoms with van der Waals surface area (Å²) in [5.74, 6) is -0.671. The van der Waals surface area contributed by atoms with E-state index in [1.165, 1.54) is 29.2 Å². The first-order valence-electron chi connectivity index (χ1n) is 17.7. The first kappa shape index (κ1) is 38.0. The van der Waals surface area contributed by atoms with Crippen LogP contribution in [0.5, 0.6) is 5.75 Å². The Morgan fingerprint density at radius 1 is 0.962 bits per heavy atom. The maximum atomic E-state index is 14.5.